The van der Waals surface area contributed by atoms with Crippen LogP contribution in [0.4, 0.5) is 0 Å². The molecule has 0 radical (unpaired) electrons. The summed E-state index contributed by atoms with van der Waals surface area (Å²) in [5, 5.41) is 10.4. The first-order chi connectivity index (χ1) is 9.10. The number of likely N-dealkylation sites (N-methyl/N-ethyl adjacent to an activating group) is 1. The van der Waals surface area contributed by atoms with Crippen molar-refractivity contribution in [2.75, 3.05) is 19.6 Å². The number of nitrogens with zero attached hydrogens (tertiary/aromatic N) is 3. The van der Waals surface area contributed by atoms with Gasteiger partial charge in [0.2, 0.25) is 0 Å². The van der Waals surface area contributed by atoms with Crippen molar-refractivity contribution in [2.45, 2.75) is 25.8 Å². The maximum Gasteiger partial charge on any atom is 0.254 e. The number of carbonyl (C=O) groups is 1. The average Bonchev–Trinajstić information content (AvgIpc) is 2.41. The van der Waals surface area contributed by atoms with E-state index in [0.29, 0.717) is 0 Å². The first-order valence-electron chi connectivity index (χ1n) is 6.32. The zero-order valence-electron chi connectivity index (χ0n) is 10.7. The second kappa shape index (κ2) is 6.50. The van der Waals surface area contributed by atoms with E-state index in [4.69, 9.17) is 23.2 Å². The third-order valence-electron chi connectivity index (χ3n) is 3.25. The Kier molecular flexibility index (Phi) is 4.96. The van der Waals surface area contributed by atoms with E-state index in [1.807, 2.05) is 0 Å². The summed E-state index contributed by atoms with van der Waals surface area (Å²) in [7, 11) is 0. The number of rotatable bonds is 3. The molecule has 7 heteroatoms. The molecular weight excluding hydrogens is 287 g/mol. The van der Waals surface area contributed by atoms with Crippen molar-refractivity contribution >= 4 is 29.1 Å². The fourth-order valence-corrected chi connectivity index (χ4v) is 2.56. The molecule has 1 aromatic rings. The fourth-order valence-electron chi connectivity index (χ4n) is 2.24. The highest BCUT2D eigenvalue weighted by molar-refractivity contribution is 6.34. The molecule has 104 valence electrons. The number of nitrogens with one attached hydrogen (secondary N) is 1. The first kappa shape index (κ1) is 14.5. The third-order valence-corrected chi connectivity index (χ3v) is 3.72. The molecule has 1 aliphatic heterocycles. The van der Waals surface area contributed by atoms with Crippen LogP contribution in [0.25, 0.3) is 0 Å². The molecule has 1 saturated heterocycles. The molecule has 0 saturated carbocycles. The Hall–Kier alpha value is -0.910. The minimum Gasteiger partial charge on any atom is -0.348 e. The molecule has 1 amide bonds. The second-order valence-electron chi connectivity index (χ2n) is 4.58. The van der Waals surface area contributed by atoms with Gasteiger partial charge in [-0.1, -0.05) is 30.1 Å². The standard InChI is InChI=1S/C12H16Cl2N4O/c1-2-18-5-3-4-8(7-18)15-12(19)9-6-10(13)16-17-11(9)14/h6,8H,2-5,7H2,1H3,(H,15,19). The molecule has 1 atom stereocenters. The summed E-state index contributed by atoms with van der Waals surface area (Å²) >= 11 is 11.6. The second-order valence-corrected chi connectivity index (χ2v) is 5.32. The average molecular weight is 303 g/mol. The van der Waals surface area contributed by atoms with Crippen LogP contribution >= 0.6 is 23.2 Å². The van der Waals surface area contributed by atoms with Gasteiger partial charge in [0.15, 0.2) is 10.3 Å². The van der Waals surface area contributed by atoms with Crippen LogP contribution in [0.15, 0.2) is 6.07 Å². The zero-order valence-corrected chi connectivity index (χ0v) is 12.2. The third kappa shape index (κ3) is 3.78. The topological polar surface area (TPSA) is 58.1 Å². The van der Waals surface area contributed by atoms with E-state index in [-0.39, 0.29) is 27.8 Å². The van der Waals surface area contributed by atoms with Crippen LogP contribution < -0.4 is 5.32 Å². The van der Waals surface area contributed by atoms with Crippen LogP contribution in [0, 0.1) is 0 Å². The number of halogens is 2. The lowest BCUT2D eigenvalue weighted by Gasteiger charge is -2.32. The zero-order chi connectivity index (χ0) is 13.8. The van der Waals surface area contributed by atoms with Crippen LogP contribution in [-0.4, -0.2) is 46.7 Å². The van der Waals surface area contributed by atoms with Gasteiger partial charge in [0.05, 0.1) is 5.56 Å². The minimum absolute atomic E-state index is 0.0741. The minimum atomic E-state index is -0.246. The van der Waals surface area contributed by atoms with Crippen LogP contribution in [0.2, 0.25) is 10.3 Å². The van der Waals surface area contributed by atoms with Gasteiger partial charge in [-0.2, -0.15) is 0 Å². The molecule has 1 aromatic heterocycles. The summed E-state index contributed by atoms with van der Waals surface area (Å²) in [6.45, 7) is 5.07. The van der Waals surface area contributed by atoms with Crippen molar-refractivity contribution in [3.05, 3.63) is 21.9 Å². The molecule has 0 aliphatic carbocycles. The fraction of sp³-hybridized carbons (Fsp3) is 0.583. The van der Waals surface area contributed by atoms with Crippen LogP contribution in [0.5, 0.6) is 0 Å². The van der Waals surface area contributed by atoms with Gasteiger partial charge < -0.3 is 10.2 Å². The van der Waals surface area contributed by atoms with Gasteiger partial charge in [-0.25, -0.2) is 0 Å². The van der Waals surface area contributed by atoms with Crippen LogP contribution in [0.3, 0.4) is 0 Å². The number of hydrogen-bond acceptors (Lipinski definition) is 4. The van der Waals surface area contributed by atoms with E-state index in [0.717, 1.165) is 32.5 Å². The Balaban J connectivity index is 2.02. The monoisotopic (exact) mass is 302 g/mol. The highest BCUT2D eigenvalue weighted by Crippen LogP contribution is 2.16. The Labute approximate surface area is 122 Å². The van der Waals surface area contributed by atoms with E-state index in [2.05, 4.69) is 27.3 Å². The van der Waals surface area contributed by atoms with E-state index in [9.17, 15) is 4.79 Å². The Morgan fingerprint density at radius 3 is 3.05 bits per heavy atom. The molecule has 0 spiro atoms. The van der Waals surface area contributed by atoms with E-state index in [1.165, 1.54) is 6.07 Å². The summed E-state index contributed by atoms with van der Waals surface area (Å²) in [6, 6.07) is 1.58. The van der Waals surface area contributed by atoms with E-state index in [1.54, 1.807) is 0 Å². The summed E-state index contributed by atoms with van der Waals surface area (Å²) in [5.41, 5.74) is 0.273. The predicted octanol–water partition coefficient (Wildman–Crippen LogP) is 2.00. The van der Waals surface area contributed by atoms with E-state index >= 15 is 0 Å². The largest absolute Gasteiger partial charge is 0.348 e. The lowest BCUT2D eigenvalue weighted by atomic mass is 10.1. The van der Waals surface area contributed by atoms with Crippen LogP contribution in [0.1, 0.15) is 30.1 Å². The van der Waals surface area contributed by atoms with Gasteiger partial charge in [0.1, 0.15) is 0 Å². The van der Waals surface area contributed by atoms with Crippen LogP contribution in [-0.2, 0) is 0 Å². The molecular formula is C12H16Cl2N4O. The molecule has 5 nitrogen and oxygen atoms in total. The highest BCUT2D eigenvalue weighted by Gasteiger charge is 2.22. The maximum atomic E-state index is 12.1. The molecule has 2 heterocycles. The van der Waals surface area contributed by atoms with Crippen molar-refractivity contribution in [3.8, 4) is 0 Å². The summed E-state index contributed by atoms with van der Waals surface area (Å²) in [4.78, 5) is 14.5. The van der Waals surface area contributed by atoms with Crippen molar-refractivity contribution in [1.29, 1.82) is 0 Å². The summed E-state index contributed by atoms with van der Waals surface area (Å²) in [6.07, 6.45) is 2.06. The summed E-state index contributed by atoms with van der Waals surface area (Å²) < 4.78 is 0. The number of likely N-dealkylation sites (tertiary alicyclic amines) is 1. The normalized spacial score (nSPS) is 20.3. The summed E-state index contributed by atoms with van der Waals surface area (Å²) in [5.74, 6) is -0.246. The van der Waals surface area contributed by atoms with Crippen molar-refractivity contribution in [3.63, 3.8) is 0 Å². The number of amides is 1. The SMILES string of the molecule is CCN1CCCC(NC(=O)c2cc(Cl)nnc2Cl)C1. The Morgan fingerprint density at radius 1 is 1.53 bits per heavy atom. The lowest BCUT2D eigenvalue weighted by Crippen LogP contribution is -2.47. The number of hydrogen-bond donors (Lipinski definition) is 1. The van der Waals surface area contributed by atoms with Gasteiger partial charge >= 0.3 is 0 Å². The molecule has 0 aromatic carbocycles. The molecule has 1 unspecified atom stereocenters. The molecule has 1 aliphatic rings. The first-order valence-corrected chi connectivity index (χ1v) is 7.07. The van der Waals surface area contributed by atoms with E-state index < -0.39 is 0 Å². The Morgan fingerprint density at radius 2 is 2.32 bits per heavy atom. The van der Waals surface area contributed by atoms with Gasteiger partial charge in [0, 0.05) is 12.6 Å². The van der Waals surface area contributed by atoms with Gasteiger partial charge in [-0.15, -0.1) is 10.2 Å². The molecule has 19 heavy (non-hydrogen) atoms. The molecule has 2 rings (SSSR count). The number of piperidine rings is 1. The predicted molar refractivity (Wildman–Crippen MR) is 74.7 cm³/mol. The van der Waals surface area contributed by atoms with Gasteiger partial charge in [-0.05, 0) is 32.0 Å². The van der Waals surface area contributed by atoms with Gasteiger partial charge in [0.25, 0.3) is 5.91 Å². The number of carbonyl (C=O) groups excluding carboxylic acids is 1. The lowest BCUT2D eigenvalue weighted by molar-refractivity contribution is 0.0905. The van der Waals surface area contributed by atoms with Gasteiger partial charge in [-0.3, -0.25) is 4.79 Å². The smallest absolute Gasteiger partial charge is 0.254 e. The van der Waals surface area contributed by atoms with Crippen molar-refractivity contribution in [1.82, 2.24) is 20.4 Å². The molecule has 0 bridgehead atoms. The number of aromatic nitrogens is 2. The molecule has 1 N–H and O–H groups in total. The maximum absolute atomic E-state index is 12.1. The van der Waals surface area contributed by atoms with Crippen molar-refractivity contribution in [2.24, 2.45) is 0 Å². The quantitative estimate of drug-likeness (QED) is 0.928. The molecule has 1 fully saturated rings. The van der Waals surface area contributed by atoms with Crippen molar-refractivity contribution < 1.29 is 4.79 Å². The highest BCUT2D eigenvalue weighted by atomic mass is 35.5. The Bertz CT molecular complexity index is 469.